The Balaban J connectivity index is 2.12. The summed E-state index contributed by atoms with van der Waals surface area (Å²) in [6.07, 6.45) is 2.54. The van der Waals surface area contributed by atoms with Gasteiger partial charge in [-0.15, -0.1) is 0 Å². The molecular formula is C12H17N3O2. The van der Waals surface area contributed by atoms with Crippen LogP contribution in [0.2, 0.25) is 0 Å². The molecular weight excluding hydrogens is 218 g/mol. The average molecular weight is 235 g/mol. The molecule has 0 fully saturated rings. The fraction of sp³-hybridized carbons (Fsp3) is 0.500. The van der Waals surface area contributed by atoms with Crippen molar-refractivity contribution in [2.24, 2.45) is 0 Å². The average Bonchev–Trinajstić information content (AvgIpc) is 2.38. The molecule has 0 bridgehead atoms. The van der Waals surface area contributed by atoms with Crippen molar-refractivity contribution < 1.29 is 9.84 Å². The van der Waals surface area contributed by atoms with Crippen molar-refractivity contribution in [1.82, 2.24) is 10.3 Å². The Kier molecular flexibility index (Phi) is 6.91. The fourth-order valence-corrected chi connectivity index (χ4v) is 1.34. The van der Waals surface area contributed by atoms with E-state index in [0.29, 0.717) is 18.9 Å². The number of hydrogen-bond acceptors (Lipinski definition) is 5. The second-order valence-electron chi connectivity index (χ2n) is 3.53. The van der Waals surface area contributed by atoms with E-state index >= 15 is 0 Å². The molecule has 1 heterocycles. The van der Waals surface area contributed by atoms with Crippen molar-refractivity contribution in [2.45, 2.75) is 13.0 Å². The molecule has 0 amide bonds. The molecule has 0 saturated carbocycles. The van der Waals surface area contributed by atoms with Crippen LogP contribution in [0.1, 0.15) is 17.7 Å². The molecule has 5 nitrogen and oxygen atoms in total. The van der Waals surface area contributed by atoms with Crippen LogP contribution in [0.5, 0.6) is 0 Å². The molecule has 2 N–H and O–H groups in total. The van der Waals surface area contributed by atoms with Crippen molar-refractivity contribution >= 4 is 0 Å². The molecule has 0 aliphatic heterocycles. The van der Waals surface area contributed by atoms with E-state index in [-0.39, 0.29) is 6.61 Å². The molecule has 1 aromatic rings. The lowest BCUT2D eigenvalue weighted by Crippen LogP contribution is -2.16. The molecule has 1 rings (SSSR count). The van der Waals surface area contributed by atoms with Crippen molar-refractivity contribution in [3.05, 3.63) is 29.6 Å². The summed E-state index contributed by atoms with van der Waals surface area (Å²) in [5.74, 6) is 0. The third kappa shape index (κ3) is 5.97. The van der Waals surface area contributed by atoms with Crippen LogP contribution in [0.3, 0.4) is 0 Å². The largest absolute Gasteiger partial charge is 0.394 e. The number of pyridine rings is 1. The highest BCUT2D eigenvalue weighted by atomic mass is 16.5. The van der Waals surface area contributed by atoms with Gasteiger partial charge in [0, 0.05) is 19.3 Å². The zero-order valence-electron chi connectivity index (χ0n) is 9.72. The third-order valence-electron chi connectivity index (χ3n) is 2.15. The predicted octanol–water partition coefficient (Wildman–Crippen LogP) is 0.442. The van der Waals surface area contributed by atoms with Gasteiger partial charge in [0.15, 0.2) is 0 Å². The van der Waals surface area contributed by atoms with Crippen LogP contribution >= 0.6 is 0 Å². The van der Waals surface area contributed by atoms with E-state index in [2.05, 4.69) is 10.3 Å². The highest BCUT2D eigenvalue weighted by Gasteiger charge is 1.96. The SMILES string of the molecule is N#Cc1cc(CNCCCOCCO)ccn1. The van der Waals surface area contributed by atoms with E-state index in [1.165, 1.54) is 0 Å². The van der Waals surface area contributed by atoms with Crippen LogP contribution < -0.4 is 5.32 Å². The molecule has 0 aromatic carbocycles. The van der Waals surface area contributed by atoms with Gasteiger partial charge in [0.25, 0.3) is 0 Å². The molecule has 92 valence electrons. The van der Waals surface area contributed by atoms with Crippen molar-refractivity contribution in [3.63, 3.8) is 0 Å². The van der Waals surface area contributed by atoms with Crippen LogP contribution in [0.15, 0.2) is 18.3 Å². The minimum Gasteiger partial charge on any atom is -0.394 e. The van der Waals surface area contributed by atoms with Crippen LogP contribution in [-0.4, -0.2) is 36.5 Å². The maximum absolute atomic E-state index is 8.68. The van der Waals surface area contributed by atoms with Gasteiger partial charge in [0.1, 0.15) is 11.8 Å². The summed E-state index contributed by atoms with van der Waals surface area (Å²) >= 11 is 0. The van der Waals surface area contributed by atoms with Crippen LogP contribution in [0.25, 0.3) is 0 Å². The van der Waals surface area contributed by atoms with Gasteiger partial charge in [0.05, 0.1) is 13.2 Å². The van der Waals surface area contributed by atoms with Crippen molar-refractivity contribution in [1.29, 1.82) is 5.26 Å². The van der Waals surface area contributed by atoms with E-state index in [0.717, 1.165) is 25.1 Å². The Labute approximate surface area is 101 Å². The van der Waals surface area contributed by atoms with Gasteiger partial charge >= 0.3 is 0 Å². The second-order valence-corrected chi connectivity index (χ2v) is 3.53. The van der Waals surface area contributed by atoms with E-state index in [9.17, 15) is 0 Å². The smallest absolute Gasteiger partial charge is 0.140 e. The number of nitrogens with zero attached hydrogens (tertiary/aromatic N) is 2. The van der Waals surface area contributed by atoms with Gasteiger partial charge in [-0.1, -0.05) is 0 Å². The number of aliphatic hydroxyl groups is 1. The Bertz CT molecular complexity index is 363. The van der Waals surface area contributed by atoms with Gasteiger partial charge in [-0.25, -0.2) is 4.98 Å². The number of rotatable bonds is 8. The molecule has 0 atom stereocenters. The number of ether oxygens (including phenoxy) is 1. The second kappa shape index (κ2) is 8.65. The van der Waals surface area contributed by atoms with E-state index in [1.54, 1.807) is 12.3 Å². The molecule has 0 radical (unpaired) electrons. The van der Waals surface area contributed by atoms with E-state index < -0.39 is 0 Å². The predicted molar refractivity (Wildman–Crippen MR) is 63.2 cm³/mol. The summed E-state index contributed by atoms with van der Waals surface area (Å²) in [5.41, 5.74) is 1.49. The summed E-state index contributed by atoms with van der Waals surface area (Å²) in [6, 6.07) is 5.67. The van der Waals surface area contributed by atoms with Gasteiger partial charge in [-0.05, 0) is 30.7 Å². The molecule has 0 saturated heterocycles. The summed E-state index contributed by atoms with van der Waals surface area (Å²) < 4.78 is 5.13. The number of aromatic nitrogens is 1. The van der Waals surface area contributed by atoms with Gasteiger partial charge in [-0.2, -0.15) is 5.26 Å². The van der Waals surface area contributed by atoms with Gasteiger partial charge in [-0.3, -0.25) is 0 Å². The minimum absolute atomic E-state index is 0.0708. The van der Waals surface area contributed by atoms with Gasteiger partial charge < -0.3 is 15.2 Å². The maximum atomic E-state index is 8.68. The molecule has 0 unspecified atom stereocenters. The molecule has 0 spiro atoms. The van der Waals surface area contributed by atoms with E-state index in [1.807, 2.05) is 12.1 Å². The maximum Gasteiger partial charge on any atom is 0.140 e. The summed E-state index contributed by atoms with van der Waals surface area (Å²) in [4.78, 5) is 3.90. The summed E-state index contributed by atoms with van der Waals surface area (Å²) in [7, 11) is 0. The Morgan fingerprint density at radius 2 is 2.35 bits per heavy atom. The minimum atomic E-state index is 0.0708. The Morgan fingerprint density at radius 3 is 3.12 bits per heavy atom. The van der Waals surface area contributed by atoms with Crippen LogP contribution in [0.4, 0.5) is 0 Å². The lowest BCUT2D eigenvalue weighted by Gasteiger charge is -2.05. The molecule has 5 heteroatoms. The Morgan fingerprint density at radius 1 is 1.47 bits per heavy atom. The highest BCUT2D eigenvalue weighted by Crippen LogP contribution is 2.00. The normalized spacial score (nSPS) is 10.1. The highest BCUT2D eigenvalue weighted by molar-refractivity contribution is 5.25. The van der Waals surface area contributed by atoms with Crippen LogP contribution in [-0.2, 0) is 11.3 Å². The van der Waals surface area contributed by atoms with Gasteiger partial charge in [0.2, 0.25) is 0 Å². The number of aliphatic hydroxyl groups excluding tert-OH is 1. The first-order valence-corrected chi connectivity index (χ1v) is 5.61. The monoisotopic (exact) mass is 235 g/mol. The topological polar surface area (TPSA) is 78.2 Å². The summed E-state index contributed by atoms with van der Waals surface area (Å²) in [6.45, 7) is 2.68. The number of nitriles is 1. The Hall–Kier alpha value is -1.48. The van der Waals surface area contributed by atoms with Crippen LogP contribution in [0, 0.1) is 11.3 Å². The molecule has 0 aliphatic carbocycles. The number of hydrogen-bond donors (Lipinski definition) is 2. The van der Waals surface area contributed by atoms with Crippen molar-refractivity contribution in [3.8, 4) is 6.07 Å². The lowest BCUT2D eigenvalue weighted by molar-refractivity contribution is 0.0907. The molecule has 17 heavy (non-hydrogen) atoms. The number of nitrogens with one attached hydrogen (secondary N) is 1. The quantitative estimate of drug-likeness (QED) is 0.639. The first kappa shape index (κ1) is 13.6. The summed E-state index contributed by atoms with van der Waals surface area (Å²) in [5, 5.41) is 20.4. The zero-order valence-corrected chi connectivity index (χ0v) is 9.72. The molecule has 1 aromatic heterocycles. The van der Waals surface area contributed by atoms with E-state index in [4.69, 9.17) is 15.1 Å². The third-order valence-corrected chi connectivity index (χ3v) is 2.15. The molecule has 0 aliphatic rings. The van der Waals surface area contributed by atoms with Crippen molar-refractivity contribution in [2.75, 3.05) is 26.4 Å². The fourth-order valence-electron chi connectivity index (χ4n) is 1.34. The first-order valence-electron chi connectivity index (χ1n) is 5.61. The standard InChI is InChI=1S/C12H17N3O2/c13-9-12-8-11(2-4-15-12)10-14-3-1-6-17-7-5-16/h2,4,8,14,16H,1,3,5-7,10H2. The first-order chi connectivity index (χ1) is 8.36. The lowest BCUT2D eigenvalue weighted by atomic mass is 10.2. The zero-order chi connectivity index (χ0) is 12.3.